The molecular formula is C12H19NO3S. The van der Waals surface area contributed by atoms with E-state index in [0.29, 0.717) is 12.5 Å². The maximum atomic E-state index is 11.7. The van der Waals surface area contributed by atoms with E-state index in [2.05, 4.69) is 5.32 Å². The van der Waals surface area contributed by atoms with Crippen molar-refractivity contribution < 1.29 is 13.2 Å². The fourth-order valence-electron chi connectivity index (χ4n) is 2.54. The van der Waals surface area contributed by atoms with Crippen molar-refractivity contribution >= 4 is 15.7 Å². The summed E-state index contributed by atoms with van der Waals surface area (Å²) in [6.45, 7) is 0. The van der Waals surface area contributed by atoms with E-state index >= 15 is 0 Å². The average molecular weight is 257 g/mol. The molecule has 0 aromatic carbocycles. The molecule has 5 heteroatoms. The summed E-state index contributed by atoms with van der Waals surface area (Å²) in [5, 5.41) is 4.23. The molecule has 1 atom stereocenters. The summed E-state index contributed by atoms with van der Waals surface area (Å²) in [4.78, 5) is 11.7. The smallest absolute Gasteiger partial charge is 0.220 e. The average Bonchev–Trinajstić information content (AvgIpc) is 2.59. The van der Waals surface area contributed by atoms with Gasteiger partial charge >= 0.3 is 0 Å². The Morgan fingerprint density at radius 2 is 1.94 bits per heavy atom. The van der Waals surface area contributed by atoms with Crippen LogP contribution in [-0.2, 0) is 14.6 Å². The molecule has 0 aromatic rings. The summed E-state index contributed by atoms with van der Waals surface area (Å²) < 4.78 is 22.4. The highest BCUT2D eigenvalue weighted by atomic mass is 32.2. The minimum absolute atomic E-state index is 0.0105. The predicted molar refractivity (Wildman–Crippen MR) is 66.0 cm³/mol. The van der Waals surface area contributed by atoms with E-state index in [1.807, 2.05) is 0 Å². The predicted octanol–water partition coefficient (Wildman–Crippen LogP) is 1.38. The Labute approximate surface area is 102 Å². The molecular weight excluding hydrogens is 238 g/mol. The third-order valence-electron chi connectivity index (χ3n) is 3.42. The van der Waals surface area contributed by atoms with Gasteiger partial charge in [-0.05, 0) is 12.8 Å². The van der Waals surface area contributed by atoms with Crippen LogP contribution in [0.25, 0.3) is 0 Å². The lowest BCUT2D eigenvalue weighted by Crippen LogP contribution is -2.37. The van der Waals surface area contributed by atoms with Crippen molar-refractivity contribution in [3.63, 3.8) is 0 Å². The van der Waals surface area contributed by atoms with Gasteiger partial charge in [-0.1, -0.05) is 25.3 Å². The molecule has 1 fully saturated rings. The summed E-state index contributed by atoms with van der Waals surface area (Å²) in [5.41, 5.74) is 0. The minimum Gasteiger partial charge on any atom is -0.353 e. The molecule has 0 aromatic heterocycles. The van der Waals surface area contributed by atoms with Crippen molar-refractivity contribution in [1.82, 2.24) is 5.32 Å². The Kier molecular flexibility index (Phi) is 3.86. The Hall–Kier alpha value is -0.840. The number of carbonyl (C=O) groups is 1. The van der Waals surface area contributed by atoms with Crippen LogP contribution in [0.3, 0.4) is 0 Å². The Bertz CT molecular complexity index is 407. The molecule has 1 aliphatic carbocycles. The second-order valence-corrected chi connectivity index (χ2v) is 6.96. The van der Waals surface area contributed by atoms with Crippen LogP contribution < -0.4 is 5.32 Å². The summed E-state index contributed by atoms with van der Waals surface area (Å²) in [5.74, 6) is -0.0577. The van der Waals surface area contributed by atoms with E-state index in [4.69, 9.17) is 0 Å². The lowest BCUT2D eigenvalue weighted by Gasteiger charge is -2.23. The standard InChI is InChI=1S/C12H19NO3S/c14-12(13-11-4-2-1-3-5-11)8-10-6-7-17(15,16)9-10/h6-7,10-11H,1-5,8-9H2,(H,13,14). The van der Waals surface area contributed by atoms with Gasteiger partial charge < -0.3 is 5.32 Å². The van der Waals surface area contributed by atoms with Crippen molar-refractivity contribution in [1.29, 1.82) is 0 Å². The number of hydrogen-bond donors (Lipinski definition) is 1. The van der Waals surface area contributed by atoms with Crippen LogP contribution >= 0.6 is 0 Å². The summed E-state index contributed by atoms with van der Waals surface area (Å²) in [7, 11) is -3.03. The van der Waals surface area contributed by atoms with Crippen LogP contribution in [0.1, 0.15) is 38.5 Å². The summed E-state index contributed by atoms with van der Waals surface area (Å²) in [6, 6.07) is 0.304. The largest absolute Gasteiger partial charge is 0.353 e. The first-order chi connectivity index (χ1) is 8.05. The van der Waals surface area contributed by atoms with Crippen molar-refractivity contribution in [2.75, 3.05) is 5.75 Å². The van der Waals surface area contributed by atoms with Gasteiger partial charge in [0.25, 0.3) is 0 Å². The van der Waals surface area contributed by atoms with Crippen LogP contribution in [0.15, 0.2) is 11.5 Å². The first-order valence-corrected chi connectivity index (χ1v) is 7.97. The van der Waals surface area contributed by atoms with Crippen LogP contribution in [-0.4, -0.2) is 26.1 Å². The molecule has 0 saturated heterocycles. The third-order valence-corrected chi connectivity index (χ3v) is 4.89. The van der Waals surface area contributed by atoms with Crippen molar-refractivity contribution in [3.05, 3.63) is 11.5 Å². The van der Waals surface area contributed by atoms with Crippen LogP contribution in [0, 0.1) is 5.92 Å². The SMILES string of the molecule is O=C(CC1C=CS(=O)(=O)C1)NC1CCCCC1. The molecule has 1 unspecified atom stereocenters. The third kappa shape index (κ3) is 3.84. The summed E-state index contributed by atoms with van der Waals surface area (Å²) in [6.07, 6.45) is 7.68. The zero-order valence-corrected chi connectivity index (χ0v) is 10.7. The normalized spacial score (nSPS) is 28.1. The minimum atomic E-state index is -3.03. The highest BCUT2D eigenvalue weighted by molar-refractivity contribution is 7.94. The van der Waals surface area contributed by atoms with Gasteiger partial charge in [0.1, 0.15) is 0 Å². The molecule has 2 rings (SSSR count). The van der Waals surface area contributed by atoms with Gasteiger partial charge in [0.05, 0.1) is 5.75 Å². The fourth-order valence-corrected chi connectivity index (χ4v) is 3.94. The van der Waals surface area contributed by atoms with Gasteiger partial charge in [-0.15, -0.1) is 0 Å². The molecule has 0 spiro atoms. The molecule has 1 amide bonds. The number of carbonyl (C=O) groups excluding carboxylic acids is 1. The van der Waals surface area contributed by atoms with Crippen molar-refractivity contribution in [2.24, 2.45) is 5.92 Å². The highest BCUT2D eigenvalue weighted by Crippen LogP contribution is 2.20. The zero-order chi connectivity index (χ0) is 12.3. The Morgan fingerprint density at radius 3 is 2.53 bits per heavy atom. The molecule has 0 bridgehead atoms. The lowest BCUT2D eigenvalue weighted by atomic mass is 9.95. The van der Waals surface area contributed by atoms with Gasteiger partial charge in [-0.25, -0.2) is 8.42 Å². The van der Waals surface area contributed by atoms with Crippen LogP contribution in [0.4, 0.5) is 0 Å². The second-order valence-electron chi connectivity index (χ2n) is 5.02. The van der Waals surface area contributed by atoms with E-state index in [1.54, 1.807) is 6.08 Å². The van der Waals surface area contributed by atoms with Gasteiger partial charge in [0.15, 0.2) is 9.84 Å². The zero-order valence-electron chi connectivity index (χ0n) is 9.89. The number of allylic oxidation sites excluding steroid dienone is 1. The van der Waals surface area contributed by atoms with Gasteiger partial charge in [-0.3, -0.25) is 4.79 Å². The molecule has 0 radical (unpaired) electrons. The van der Waals surface area contributed by atoms with Gasteiger partial charge in [0.2, 0.25) is 5.91 Å². The molecule has 96 valence electrons. The first kappa shape index (κ1) is 12.6. The molecule has 1 N–H and O–H groups in total. The number of rotatable bonds is 3. The molecule has 1 saturated carbocycles. The fraction of sp³-hybridized carbons (Fsp3) is 0.750. The number of sulfone groups is 1. The number of nitrogens with one attached hydrogen (secondary N) is 1. The lowest BCUT2D eigenvalue weighted by molar-refractivity contribution is -0.122. The van der Waals surface area contributed by atoms with Crippen molar-refractivity contribution in [3.8, 4) is 0 Å². The van der Waals surface area contributed by atoms with E-state index in [1.165, 1.54) is 24.7 Å². The first-order valence-electron chi connectivity index (χ1n) is 6.25. The monoisotopic (exact) mass is 257 g/mol. The molecule has 1 heterocycles. The molecule has 4 nitrogen and oxygen atoms in total. The maximum Gasteiger partial charge on any atom is 0.220 e. The van der Waals surface area contributed by atoms with Gasteiger partial charge in [-0.2, -0.15) is 0 Å². The quantitative estimate of drug-likeness (QED) is 0.831. The second kappa shape index (κ2) is 5.21. The summed E-state index contributed by atoms with van der Waals surface area (Å²) >= 11 is 0. The molecule has 2 aliphatic rings. The Balaban J connectivity index is 1.76. The van der Waals surface area contributed by atoms with Crippen LogP contribution in [0.2, 0.25) is 0 Å². The number of hydrogen-bond acceptors (Lipinski definition) is 3. The molecule has 1 aliphatic heterocycles. The maximum absolute atomic E-state index is 11.7. The van der Waals surface area contributed by atoms with Gasteiger partial charge in [0, 0.05) is 23.8 Å². The van der Waals surface area contributed by atoms with E-state index in [-0.39, 0.29) is 17.6 Å². The topological polar surface area (TPSA) is 63.2 Å². The van der Waals surface area contributed by atoms with E-state index in [9.17, 15) is 13.2 Å². The van der Waals surface area contributed by atoms with E-state index in [0.717, 1.165) is 12.8 Å². The Morgan fingerprint density at radius 1 is 1.24 bits per heavy atom. The van der Waals surface area contributed by atoms with Crippen molar-refractivity contribution in [2.45, 2.75) is 44.6 Å². The van der Waals surface area contributed by atoms with Crippen LogP contribution in [0.5, 0.6) is 0 Å². The number of amides is 1. The highest BCUT2D eigenvalue weighted by Gasteiger charge is 2.24. The van der Waals surface area contributed by atoms with E-state index < -0.39 is 9.84 Å². The molecule has 17 heavy (non-hydrogen) atoms.